The van der Waals surface area contributed by atoms with Gasteiger partial charge in [0.15, 0.2) is 0 Å². The summed E-state index contributed by atoms with van der Waals surface area (Å²) in [4.78, 5) is 20.8. The fourth-order valence-electron chi connectivity index (χ4n) is 8.29. The third-order valence-electron chi connectivity index (χ3n) is 11.3. The van der Waals surface area contributed by atoms with Crippen molar-refractivity contribution in [1.82, 2.24) is 20.1 Å². The van der Waals surface area contributed by atoms with Crippen molar-refractivity contribution in [2.45, 2.75) is 71.2 Å². The molecule has 288 valence electrons. The minimum atomic E-state index is -0.826. The number of hydrogen-bond acceptors (Lipinski definition) is 9. The SMILES string of the molecule is Cc1c(COc2cc(OCc3cncc(C#N)c3)c(CN3CCCC[C@H]3C(=O)O)cc2Cl)cccc1-c1cccc(OCCCN2CC3(CCNCC3)C2)c1. The molecular weight excluding hydrogens is 714 g/mol. The van der Waals surface area contributed by atoms with Crippen LogP contribution in [0.3, 0.4) is 0 Å². The van der Waals surface area contributed by atoms with Crippen molar-refractivity contribution >= 4 is 17.6 Å². The van der Waals surface area contributed by atoms with Crippen molar-refractivity contribution in [2.24, 2.45) is 5.41 Å². The minimum Gasteiger partial charge on any atom is -0.494 e. The summed E-state index contributed by atoms with van der Waals surface area (Å²) >= 11 is 6.86. The zero-order valence-corrected chi connectivity index (χ0v) is 32.3. The molecule has 1 atom stereocenters. The lowest BCUT2D eigenvalue weighted by atomic mass is 9.72. The van der Waals surface area contributed by atoms with Crippen LogP contribution in [0.25, 0.3) is 11.1 Å². The molecule has 7 rings (SSSR count). The van der Waals surface area contributed by atoms with E-state index < -0.39 is 12.0 Å². The Bertz CT molecular complexity index is 2000. The predicted molar refractivity (Wildman–Crippen MR) is 212 cm³/mol. The topological polar surface area (TPSA) is 120 Å². The number of carboxylic acids is 1. The highest BCUT2D eigenvalue weighted by Crippen LogP contribution is 2.39. The van der Waals surface area contributed by atoms with Crippen LogP contribution in [0.1, 0.15) is 66.3 Å². The predicted octanol–water partition coefficient (Wildman–Crippen LogP) is 7.63. The summed E-state index contributed by atoms with van der Waals surface area (Å²) in [6, 6.07) is 21.4. The van der Waals surface area contributed by atoms with Crippen molar-refractivity contribution in [1.29, 1.82) is 5.26 Å². The van der Waals surface area contributed by atoms with Gasteiger partial charge in [0.25, 0.3) is 0 Å². The molecule has 10 nitrogen and oxygen atoms in total. The number of nitriles is 1. The molecule has 11 heteroatoms. The Labute approximate surface area is 329 Å². The van der Waals surface area contributed by atoms with E-state index in [0.29, 0.717) is 53.6 Å². The number of hydrogen-bond donors (Lipinski definition) is 2. The van der Waals surface area contributed by atoms with E-state index in [1.54, 1.807) is 18.3 Å². The molecule has 1 spiro atoms. The highest BCUT2D eigenvalue weighted by Gasteiger charge is 2.42. The lowest BCUT2D eigenvalue weighted by Crippen LogP contribution is -2.59. The Balaban J connectivity index is 1.01. The number of carboxylic acid groups (broad SMARTS) is 1. The zero-order chi connectivity index (χ0) is 38.2. The summed E-state index contributed by atoms with van der Waals surface area (Å²) in [6.07, 6.45) is 9.17. The molecule has 0 amide bonds. The second kappa shape index (κ2) is 17.9. The molecule has 0 aliphatic carbocycles. The largest absolute Gasteiger partial charge is 0.494 e. The standard InChI is InChI=1S/C44H50ClN5O5/c1-31-35(8-5-10-38(31)34-7-4-9-37(20-34)53-18-6-16-49-29-44(30-49)12-14-47-15-13-44)28-55-42-22-41(54-27-33-19-32(23-46)24-48-25-33)36(21-39(42)45)26-50-17-3-2-11-40(50)43(51)52/h4-5,7-10,19-22,24-25,40,47H,2-3,6,11-18,26-30H2,1H3,(H,51,52)/t40-/m0/s1. The van der Waals surface area contributed by atoms with Crippen molar-refractivity contribution in [2.75, 3.05) is 45.9 Å². The van der Waals surface area contributed by atoms with Crippen LogP contribution >= 0.6 is 11.6 Å². The maximum Gasteiger partial charge on any atom is 0.320 e. The molecule has 3 fully saturated rings. The second-order valence-electron chi connectivity index (χ2n) is 15.3. The maximum absolute atomic E-state index is 12.1. The third-order valence-corrected chi connectivity index (χ3v) is 11.6. The molecule has 3 aromatic carbocycles. The number of piperidine rings is 2. The van der Waals surface area contributed by atoms with Crippen molar-refractivity contribution in [3.8, 4) is 34.4 Å². The Morgan fingerprint density at radius 2 is 1.82 bits per heavy atom. The Kier molecular flexibility index (Phi) is 12.5. The summed E-state index contributed by atoms with van der Waals surface area (Å²) in [5, 5.41) is 23.2. The molecule has 3 aliphatic heterocycles. The van der Waals surface area contributed by atoms with Crippen molar-refractivity contribution in [3.63, 3.8) is 0 Å². The number of benzene rings is 3. The molecule has 0 unspecified atom stereocenters. The lowest BCUT2D eigenvalue weighted by molar-refractivity contribution is -0.144. The van der Waals surface area contributed by atoms with E-state index in [4.69, 9.17) is 25.8 Å². The third kappa shape index (κ3) is 9.60. The molecule has 2 N–H and O–H groups in total. The van der Waals surface area contributed by atoms with Crippen LogP contribution in [-0.4, -0.2) is 77.8 Å². The quantitative estimate of drug-likeness (QED) is 0.117. The van der Waals surface area contributed by atoms with Gasteiger partial charge in [0.05, 0.1) is 17.2 Å². The monoisotopic (exact) mass is 763 g/mol. The first-order valence-electron chi connectivity index (χ1n) is 19.4. The highest BCUT2D eigenvalue weighted by atomic mass is 35.5. The normalized spacial score (nSPS) is 18.3. The van der Waals surface area contributed by atoms with Crippen LogP contribution in [0.4, 0.5) is 0 Å². The number of pyridine rings is 1. The number of nitrogens with zero attached hydrogens (tertiary/aromatic N) is 4. The summed E-state index contributed by atoms with van der Waals surface area (Å²) in [5.74, 6) is 1.04. The average Bonchev–Trinajstić information content (AvgIpc) is 3.19. The minimum absolute atomic E-state index is 0.167. The van der Waals surface area contributed by atoms with Gasteiger partial charge >= 0.3 is 5.97 Å². The summed E-state index contributed by atoms with van der Waals surface area (Å²) in [5.41, 5.74) is 6.81. The van der Waals surface area contributed by atoms with Gasteiger partial charge in [-0.15, -0.1) is 0 Å². The van der Waals surface area contributed by atoms with Crippen LogP contribution in [0.15, 0.2) is 73.1 Å². The molecule has 3 saturated heterocycles. The summed E-state index contributed by atoms with van der Waals surface area (Å²) in [7, 11) is 0. The molecule has 0 saturated carbocycles. The van der Waals surface area contributed by atoms with Gasteiger partial charge in [-0.1, -0.05) is 48.4 Å². The lowest BCUT2D eigenvalue weighted by Gasteiger charge is -2.52. The number of likely N-dealkylation sites (tertiary alicyclic amines) is 2. The number of aliphatic carboxylic acids is 1. The van der Waals surface area contributed by atoms with Gasteiger partial charge in [-0.3, -0.25) is 14.7 Å². The van der Waals surface area contributed by atoms with Crippen LogP contribution in [0.2, 0.25) is 5.02 Å². The number of nitrogens with one attached hydrogen (secondary N) is 1. The van der Waals surface area contributed by atoms with Crippen LogP contribution in [0, 0.1) is 23.7 Å². The fourth-order valence-corrected chi connectivity index (χ4v) is 8.53. The fraction of sp³-hybridized carbons (Fsp3) is 0.432. The molecule has 4 heterocycles. The molecule has 4 aromatic rings. The van der Waals surface area contributed by atoms with Gasteiger partial charge in [0.2, 0.25) is 0 Å². The van der Waals surface area contributed by atoms with E-state index in [1.165, 1.54) is 32.1 Å². The van der Waals surface area contributed by atoms with Crippen molar-refractivity contribution in [3.05, 3.63) is 106 Å². The smallest absolute Gasteiger partial charge is 0.320 e. The van der Waals surface area contributed by atoms with E-state index in [-0.39, 0.29) is 13.2 Å². The number of carbonyl (C=O) groups is 1. The Hall–Kier alpha value is -4.66. The number of ether oxygens (including phenoxy) is 3. The molecular formula is C44H50ClN5O5. The van der Waals surface area contributed by atoms with E-state index in [0.717, 1.165) is 78.0 Å². The average molecular weight is 764 g/mol. The van der Waals surface area contributed by atoms with E-state index >= 15 is 0 Å². The van der Waals surface area contributed by atoms with Crippen molar-refractivity contribution < 1.29 is 24.1 Å². The first-order valence-corrected chi connectivity index (χ1v) is 19.8. The summed E-state index contributed by atoms with van der Waals surface area (Å²) in [6.45, 7) is 10.1. The van der Waals surface area contributed by atoms with Crippen LogP contribution in [0.5, 0.6) is 17.2 Å². The second-order valence-corrected chi connectivity index (χ2v) is 15.7. The number of aromatic nitrogens is 1. The molecule has 0 bridgehead atoms. The molecule has 55 heavy (non-hydrogen) atoms. The first-order chi connectivity index (χ1) is 26.8. The van der Waals surface area contributed by atoms with Gasteiger partial charge in [-0.05, 0) is 111 Å². The Morgan fingerprint density at radius 3 is 2.64 bits per heavy atom. The Morgan fingerprint density at radius 1 is 1.00 bits per heavy atom. The maximum atomic E-state index is 12.1. The molecule has 3 aliphatic rings. The van der Waals surface area contributed by atoms with Gasteiger partial charge in [0, 0.05) is 55.8 Å². The zero-order valence-electron chi connectivity index (χ0n) is 31.6. The van der Waals surface area contributed by atoms with E-state index in [9.17, 15) is 15.2 Å². The van der Waals surface area contributed by atoms with Gasteiger partial charge in [-0.25, -0.2) is 0 Å². The van der Waals surface area contributed by atoms with Gasteiger partial charge in [-0.2, -0.15) is 5.26 Å². The summed E-state index contributed by atoms with van der Waals surface area (Å²) < 4.78 is 18.9. The first kappa shape index (κ1) is 38.6. The van der Waals surface area contributed by atoms with E-state index in [2.05, 4.69) is 52.5 Å². The number of halogens is 1. The van der Waals surface area contributed by atoms with Crippen LogP contribution in [-0.2, 0) is 24.6 Å². The highest BCUT2D eigenvalue weighted by molar-refractivity contribution is 6.32. The van der Waals surface area contributed by atoms with Gasteiger partial charge < -0.3 is 29.5 Å². The van der Waals surface area contributed by atoms with Crippen LogP contribution < -0.4 is 19.5 Å². The number of rotatable bonds is 15. The van der Waals surface area contributed by atoms with E-state index in [1.807, 2.05) is 29.2 Å². The molecule has 1 aromatic heterocycles. The molecule has 0 radical (unpaired) electrons. The van der Waals surface area contributed by atoms with Gasteiger partial charge in [0.1, 0.15) is 42.6 Å².